The lowest BCUT2D eigenvalue weighted by Gasteiger charge is -2.05. The minimum absolute atomic E-state index is 0.0750. The van der Waals surface area contributed by atoms with Crippen molar-refractivity contribution < 1.29 is 9.53 Å². The number of carbonyl (C=O) groups excluding carboxylic acids is 1. The van der Waals surface area contributed by atoms with Crippen LogP contribution in [0.15, 0.2) is 54.6 Å². The van der Waals surface area contributed by atoms with Crippen LogP contribution in [0.4, 0.5) is 0 Å². The summed E-state index contributed by atoms with van der Waals surface area (Å²) in [7, 11) is 0. The van der Waals surface area contributed by atoms with Crippen molar-refractivity contribution in [1.29, 1.82) is 0 Å². The van der Waals surface area contributed by atoms with E-state index in [9.17, 15) is 4.79 Å². The van der Waals surface area contributed by atoms with Gasteiger partial charge in [-0.05, 0) is 29.8 Å². The largest absolute Gasteiger partial charge is 0.489 e. The van der Waals surface area contributed by atoms with Crippen LogP contribution < -0.4 is 10.1 Å². The van der Waals surface area contributed by atoms with Crippen LogP contribution in [0.2, 0.25) is 0 Å². The maximum atomic E-state index is 10.7. The minimum atomic E-state index is -0.0750. The van der Waals surface area contributed by atoms with Crippen molar-refractivity contribution in [3.8, 4) is 17.6 Å². The van der Waals surface area contributed by atoms with Crippen molar-refractivity contribution >= 4 is 5.91 Å². The quantitative estimate of drug-likeness (QED) is 0.874. The molecular formula is C18H17NO2. The van der Waals surface area contributed by atoms with E-state index in [0.717, 1.165) is 16.9 Å². The molecular weight excluding hydrogens is 262 g/mol. The van der Waals surface area contributed by atoms with Gasteiger partial charge in [-0.3, -0.25) is 4.79 Å². The van der Waals surface area contributed by atoms with Gasteiger partial charge < -0.3 is 10.1 Å². The van der Waals surface area contributed by atoms with Crippen LogP contribution in [0, 0.1) is 11.8 Å². The standard InChI is InChI=1S/C18H17NO2/c1-15(20)19-13-5-8-16-9-11-18(12-10-16)21-14-17-6-3-2-4-7-17/h2-4,6-7,9-12H,13-14H2,1H3,(H,19,20). The summed E-state index contributed by atoms with van der Waals surface area (Å²) in [5.41, 5.74) is 2.03. The Kier molecular flexibility index (Phi) is 5.42. The first-order chi connectivity index (χ1) is 10.2. The van der Waals surface area contributed by atoms with E-state index in [2.05, 4.69) is 17.2 Å². The Bertz CT molecular complexity index is 636. The molecule has 0 bridgehead atoms. The van der Waals surface area contributed by atoms with Crippen molar-refractivity contribution in [3.05, 3.63) is 65.7 Å². The van der Waals surface area contributed by atoms with Gasteiger partial charge in [0.1, 0.15) is 12.4 Å². The molecule has 1 amide bonds. The molecule has 2 aromatic carbocycles. The van der Waals surface area contributed by atoms with Crippen LogP contribution in [0.5, 0.6) is 5.75 Å². The first-order valence-electron chi connectivity index (χ1n) is 6.74. The molecule has 0 aliphatic carbocycles. The number of nitrogens with one attached hydrogen (secondary N) is 1. The van der Waals surface area contributed by atoms with Gasteiger partial charge in [0, 0.05) is 12.5 Å². The Morgan fingerprint density at radius 1 is 1.10 bits per heavy atom. The number of carbonyl (C=O) groups is 1. The second-order valence-corrected chi connectivity index (χ2v) is 4.51. The molecule has 3 nitrogen and oxygen atoms in total. The first kappa shape index (κ1) is 14.7. The van der Waals surface area contributed by atoms with E-state index in [4.69, 9.17) is 4.74 Å². The second kappa shape index (κ2) is 7.76. The molecule has 0 aromatic heterocycles. The number of hydrogen-bond acceptors (Lipinski definition) is 2. The number of amides is 1. The molecule has 0 atom stereocenters. The summed E-state index contributed by atoms with van der Waals surface area (Å²) in [6.45, 7) is 2.39. The van der Waals surface area contributed by atoms with E-state index in [1.54, 1.807) is 0 Å². The van der Waals surface area contributed by atoms with Gasteiger partial charge in [-0.25, -0.2) is 0 Å². The molecule has 0 saturated carbocycles. The molecule has 0 spiro atoms. The molecule has 0 aliphatic heterocycles. The Labute approximate surface area is 125 Å². The third-order valence-corrected chi connectivity index (χ3v) is 2.76. The fourth-order valence-electron chi connectivity index (χ4n) is 1.69. The minimum Gasteiger partial charge on any atom is -0.489 e. The molecule has 2 aromatic rings. The highest BCUT2D eigenvalue weighted by atomic mass is 16.5. The van der Waals surface area contributed by atoms with Crippen molar-refractivity contribution in [2.45, 2.75) is 13.5 Å². The van der Waals surface area contributed by atoms with E-state index < -0.39 is 0 Å². The lowest BCUT2D eigenvalue weighted by Crippen LogP contribution is -2.19. The first-order valence-corrected chi connectivity index (χ1v) is 6.74. The highest BCUT2D eigenvalue weighted by Gasteiger charge is 1.95. The Morgan fingerprint density at radius 2 is 1.81 bits per heavy atom. The smallest absolute Gasteiger partial charge is 0.217 e. The molecule has 0 radical (unpaired) electrons. The third-order valence-electron chi connectivity index (χ3n) is 2.76. The Hall–Kier alpha value is -2.73. The molecule has 0 saturated heterocycles. The fourth-order valence-corrected chi connectivity index (χ4v) is 1.69. The summed E-state index contributed by atoms with van der Waals surface area (Å²) in [4.78, 5) is 10.7. The van der Waals surface area contributed by atoms with E-state index >= 15 is 0 Å². The van der Waals surface area contributed by atoms with Gasteiger partial charge in [0.2, 0.25) is 5.91 Å². The molecule has 21 heavy (non-hydrogen) atoms. The zero-order valence-corrected chi connectivity index (χ0v) is 11.9. The van der Waals surface area contributed by atoms with Crippen LogP contribution in [0.3, 0.4) is 0 Å². The zero-order chi connectivity index (χ0) is 14.9. The topological polar surface area (TPSA) is 38.3 Å². The zero-order valence-electron chi connectivity index (χ0n) is 11.9. The van der Waals surface area contributed by atoms with E-state index in [1.807, 2.05) is 54.6 Å². The van der Waals surface area contributed by atoms with Crippen LogP contribution in [0.1, 0.15) is 18.1 Å². The molecule has 1 N–H and O–H groups in total. The lowest BCUT2D eigenvalue weighted by atomic mass is 10.2. The van der Waals surface area contributed by atoms with Crippen LogP contribution in [-0.2, 0) is 11.4 Å². The van der Waals surface area contributed by atoms with E-state index in [-0.39, 0.29) is 5.91 Å². The van der Waals surface area contributed by atoms with Crippen molar-refractivity contribution in [2.24, 2.45) is 0 Å². The van der Waals surface area contributed by atoms with Gasteiger partial charge in [-0.1, -0.05) is 42.2 Å². The summed E-state index contributed by atoms with van der Waals surface area (Å²) < 4.78 is 5.70. The summed E-state index contributed by atoms with van der Waals surface area (Å²) in [6, 6.07) is 17.6. The molecule has 0 fully saturated rings. The molecule has 3 heteroatoms. The Morgan fingerprint density at radius 3 is 2.48 bits per heavy atom. The average Bonchev–Trinajstić information content (AvgIpc) is 2.51. The summed E-state index contributed by atoms with van der Waals surface area (Å²) in [5.74, 6) is 6.60. The van der Waals surface area contributed by atoms with Gasteiger partial charge in [0.25, 0.3) is 0 Å². The average molecular weight is 279 g/mol. The predicted molar refractivity (Wildman–Crippen MR) is 82.8 cm³/mol. The summed E-state index contributed by atoms with van der Waals surface area (Å²) in [5, 5.41) is 2.63. The number of ether oxygens (including phenoxy) is 1. The summed E-state index contributed by atoms with van der Waals surface area (Å²) in [6.07, 6.45) is 0. The normalized spacial score (nSPS) is 9.38. The number of rotatable bonds is 4. The molecule has 106 valence electrons. The monoisotopic (exact) mass is 279 g/mol. The lowest BCUT2D eigenvalue weighted by molar-refractivity contribution is -0.118. The molecule has 0 heterocycles. The molecule has 0 unspecified atom stereocenters. The van der Waals surface area contributed by atoms with Crippen LogP contribution in [0.25, 0.3) is 0 Å². The fraction of sp³-hybridized carbons (Fsp3) is 0.167. The van der Waals surface area contributed by atoms with Gasteiger partial charge >= 0.3 is 0 Å². The number of benzene rings is 2. The van der Waals surface area contributed by atoms with Gasteiger partial charge in [0.15, 0.2) is 0 Å². The Balaban J connectivity index is 1.85. The maximum Gasteiger partial charge on any atom is 0.217 e. The van der Waals surface area contributed by atoms with Crippen molar-refractivity contribution in [1.82, 2.24) is 5.32 Å². The van der Waals surface area contributed by atoms with Gasteiger partial charge in [-0.2, -0.15) is 0 Å². The van der Waals surface area contributed by atoms with Crippen LogP contribution >= 0.6 is 0 Å². The highest BCUT2D eigenvalue weighted by Crippen LogP contribution is 2.13. The number of hydrogen-bond donors (Lipinski definition) is 1. The summed E-state index contributed by atoms with van der Waals surface area (Å²) >= 11 is 0. The maximum absolute atomic E-state index is 10.7. The molecule has 2 rings (SSSR count). The second-order valence-electron chi connectivity index (χ2n) is 4.51. The SMILES string of the molecule is CC(=O)NCC#Cc1ccc(OCc2ccccc2)cc1. The van der Waals surface area contributed by atoms with Crippen molar-refractivity contribution in [3.63, 3.8) is 0 Å². The van der Waals surface area contributed by atoms with Crippen molar-refractivity contribution in [2.75, 3.05) is 6.54 Å². The predicted octanol–water partition coefficient (Wildman–Crippen LogP) is 2.75. The third kappa shape index (κ3) is 5.42. The van der Waals surface area contributed by atoms with Crippen LogP contribution in [-0.4, -0.2) is 12.5 Å². The van der Waals surface area contributed by atoms with Gasteiger partial charge in [-0.15, -0.1) is 0 Å². The molecule has 0 aliphatic rings. The highest BCUT2D eigenvalue weighted by molar-refractivity contribution is 5.73. The van der Waals surface area contributed by atoms with Gasteiger partial charge in [0.05, 0.1) is 6.54 Å². The van der Waals surface area contributed by atoms with E-state index in [0.29, 0.717) is 13.2 Å². The van der Waals surface area contributed by atoms with E-state index in [1.165, 1.54) is 6.92 Å².